The van der Waals surface area contributed by atoms with Crippen LogP contribution in [0.5, 0.6) is 0 Å². The highest BCUT2D eigenvalue weighted by atomic mass is 32.1. The zero-order chi connectivity index (χ0) is 15.5. The highest BCUT2D eigenvalue weighted by Gasteiger charge is 2.31. The Kier molecular flexibility index (Phi) is 5.39. The molecule has 0 heterocycles. The van der Waals surface area contributed by atoms with Gasteiger partial charge in [0.1, 0.15) is 4.99 Å². The number of anilines is 1. The van der Waals surface area contributed by atoms with Crippen molar-refractivity contribution in [3.8, 4) is 0 Å². The van der Waals surface area contributed by atoms with Crippen LogP contribution in [-0.2, 0) is 6.18 Å². The summed E-state index contributed by atoms with van der Waals surface area (Å²) in [5.74, 6) is 0. The lowest BCUT2D eigenvalue weighted by molar-refractivity contribution is -0.137. The Balaban J connectivity index is 3.24. The van der Waals surface area contributed by atoms with Crippen molar-refractivity contribution in [2.75, 3.05) is 11.9 Å². The van der Waals surface area contributed by atoms with Crippen molar-refractivity contribution in [3.05, 3.63) is 29.3 Å². The third-order valence-corrected chi connectivity index (χ3v) is 3.56. The highest BCUT2D eigenvalue weighted by molar-refractivity contribution is 7.80. The smallest absolute Gasteiger partial charge is 0.389 e. The summed E-state index contributed by atoms with van der Waals surface area (Å²) in [6, 6.07) is 3.72. The van der Waals surface area contributed by atoms with Gasteiger partial charge in [0, 0.05) is 24.3 Å². The Morgan fingerprint density at radius 3 is 2.45 bits per heavy atom. The first kappa shape index (κ1) is 16.8. The summed E-state index contributed by atoms with van der Waals surface area (Å²) in [7, 11) is 1.84. The highest BCUT2D eigenvalue weighted by Crippen LogP contribution is 2.33. The number of nitrogens with zero attached hydrogens (tertiary/aromatic N) is 1. The molecule has 0 aliphatic heterocycles. The molecule has 0 saturated heterocycles. The van der Waals surface area contributed by atoms with Crippen LogP contribution in [-0.4, -0.2) is 18.1 Å². The van der Waals surface area contributed by atoms with E-state index < -0.39 is 11.7 Å². The van der Waals surface area contributed by atoms with E-state index in [2.05, 4.69) is 6.92 Å². The molecule has 1 unspecified atom stereocenters. The second-order valence-electron chi connectivity index (χ2n) is 4.84. The van der Waals surface area contributed by atoms with Crippen LogP contribution in [0.25, 0.3) is 0 Å². The van der Waals surface area contributed by atoms with Crippen molar-refractivity contribution in [3.63, 3.8) is 0 Å². The number of benzene rings is 1. The predicted octanol–water partition coefficient (Wildman–Crippen LogP) is 3.96. The lowest BCUT2D eigenvalue weighted by atomic mass is 10.0. The first-order valence-electron chi connectivity index (χ1n) is 6.42. The molecule has 0 aliphatic carbocycles. The molecule has 0 saturated carbocycles. The van der Waals surface area contributed by atoms with E-state index in [4.69, 9.17) is 18.0 Å². The Morgan fingerprint density at radius 1 is 1.40 bits per heavy atom. The molecule has 20 heavy (non-hydrogen) atoms. The van der Waals surface area contributed by atoms with Crippen molar-refractivity contribution < 1.29 is 13.2 Å². The van der Waals surface area contributed by atoms with Crippen LogP contribution in [0.2, 0.25) is 0 Å². The first-order valence-corrected chi connectivity index (χ1v) is 6.83. The Labute approximate surface area is 122 Å². The number of thiocarbonyl (C=S) groups is 1. The Hall–Kier alpha value is -1.30. The number of halogens is 3. The summed E-state index contributed by atoms with van der Waals surface area (Å²) in [5.41, 5.74) is 5.74. The second-order valence-corrected chi connectivity index (χ2v) is 5.28. The number of hydrogen-bond acceptors (Lipinski definition) is 2. The van der Waals surface area contributed by atoms with E-state index in [9.17, 15) is 13.2 Å². The van der Waals surface area contributed by atoms with Gasteiger partial charge in [-0.05, 0) is 31.5 Å². The minimum Gasteiger partial charge on any atom is -0.389 e. The van der Waals surface area contributed by atoms with Crippen LogP contribution < -0.4 is 10.6 Å². The summed E-state index contributed by atoms with van der Waals surface area (Å²) in [4.78, 5) is 1.89. The second kappa shape index (κ2) is 6.43. The van der Waals surface area contributed by atoms with Gasteiger partial charge in [-0.3, -0.25) is 0 Å². The van der Waals surface area contributed by atoms with Crippen LogP contribution in [0.4, 0.5) is 18.9 Å². The number of alkyl halides is 3. The SMILES string of the molecule is CCCC(C)N(C)c1ccc(C(F)(F)F)cc1C(N)=S. The maximum absolute atomic E-state index is 12.7. The number of rotatable bonds is 5. The molecule has 6 heteroatoms. The van der Waals surface area contributed by atoms with Gasteiger partial charge in [-0.25, -0.2) is 0 Å². The minimum absolute atomic E-state index is 0.0263. The zero-order valence-electron chi connectivity index (χ0n) is 11.8. The van der Waals surface area contributed by atoms with Crippen molar-refractivity contribution in [2.45, 2.75) is 38.9 Å². The molecule has 0 radical (unpaired) electrons. The van der Waals surface area contributed by atoms with E-state index in [1.54, 1.807) is 0 Å². The van der Waals surface area contributed by atoms with Crippen LogP contribution >= 0.6 is 12.2 Å². The van der Waals surface area contributed by atoms with Crippen LogP contribution in [0.1, 0.15) is 37.8 Å². The van der Waals surface area contributed by atoms with Gasteiger partial charge in [-0.1, -0.05) is 25.6 Å². The van der Waals surface area contributed by atoms with Gasteiger partial charge in [-0.15, -0.1) is 0 Å². The Bertz CT molecular complexity index is 486. The molecule has 112 valence electrons. The lowest BCUT2D eigenvalue weighted by Gasteiger charge is -2.29. The first-order chi connectivity index (χ1) is 9.18. The fourth-order valence-electron chi connectivity index (χ4n) is 2.07. The van der Waals surface area contributed by atoms with Crippen LogP contribution in [0, 0.1) is 0 Å². The summed E-state index contributed by atoms with van der Waals surface area (Å²) in [6.45, 7) is 4.08. The fourth-order valence-corrected chi connectivity index (χ4v) is 2.23. The largest absolute Gasteiger partial charge is 0.416 e. The summed E-state index contributed by atoms with van der Waals surface area (Å²) >= 11 is 4.89. The van der Waals surface area contributed by atoms with Crippen molar-refractivity contribution >= 4 is 22.9 Å². The maximum Gasteiger partial charge on any atom is 0.416 e. The molecule has 1 rings (SSSR count). The van der Waals surface area contributed by atoms with E-state index in [1.165, 1.54) is 6.07 Å². The summed E-state index contributed by atoms with van der Waals surface area (Å²) in [6.07, 6.45) is -2.46. The molecule has 0 spiro atoms. The number of hydrogen-bond donors (Lipinski definition) is 1. The molecule has 2 nitrogen and oxygen atoms in total. The number of nitrogens with two attached hydrogens (primary N) is 1. The summed E-state index contributed by atoms with van der Waals surface area (Å²) in [5, 5.41) is 0. The average Bonchev–Trinajstić information content (AvgIpc) is 2.36. The van der Waals surface area contributed by atoms with E-state index in [0.717, 1.165) is 25.0 Å². The standard InChI is InChI=1S/C14H19F3N2S/c1-4-5-9(2)19(3)12-7-6-10(14(15,16)17)8-11(12)13(18)20/h6-9H,4-5H2,1-3H3,(H2,18,20). The molecule has 0 aromatic heterocycles. The van der Waals surface area contributed by atoms with Gasteiger partial charge in [-0.2, -0.15) is 13.2 Å². The van der Waals surface area contributed by atoms with Gasteiger partial charge < -0.3 is 10.6 Å². The third kappa shape index (κ3) is 3.85. The molecule has 1 aromatic rings. The van der Waals surface area contributed by atoms with E-state index >= 15 is 0 Å². The van der Waals surface area contributed by atoms with Crippen LogP contribution in [0.15, 0.2) is 18.2 Å². The molecule has 0 aliphatic rings. The molecular weight excluding hydrogens is 285 g/mol. The van der Waals surface area contributed by atoms with Crippen molar-refractivity contribution in [1.29, 1.82) is 0 Å². The maximum atomic E-state index is 12.7. The van der Waals surface area contributed by atoms with Gasteiger partial charge in [0.25, 0.3) is 0 Å². The Morgan fingerprint density at radius 2 is 2.00 bits per heavy atom. The van der Waals surface area contributed by atoms with Crippen molar-refractivity contribution in [2.24, 2.45) is 5.73 Å². The van der Waals surface area contributed by atoms with Crippen molar-refractivity contribution in [1.82, 2.24) is 0 Å². The van der Waals surface area contributed by atoms with E-state index in [1.807, 2.05) is 18.9 Å². The monoisotopic (exact) mass is 304 g/mol. The molecule has 1 aromatic carbocycles. The quantitative estimate of drug-likeness (QED) is 0.835. The normalized spacial score (nSPS) is 13.1. The van der Waals surface area contributed by atoms with Gasteiger partial charge in [0.15, 0.2) is 0 Å². The molecule has 2 N–H and O–H groups in total. The third-order valence-electron chi connectivity index (χ3n) is 3.34. The van der Waals surface area contributed by atoms with Gasteiger partial charge in [0.05, 0.1) is 5.56 Å². The topological polar surface area (TPSA) is 29.3 Å². The molecule has 1 atom stereocenters. The zero-order valence-corrected chi connectivity index (χ0v) is 12.6. The molecule has 0 bridgehead atoms. The minimum atomic E-state index is -4.40. The molecule has 0 amide bonds. The molecule has 0 fully saturated rings. The lowest BCUT2D eigenvalue weighted by Crippen LogP contribution is -2.31. The van der Waals surface area contributed by atoms with Gasteiger partial charge >= 0.3 is 6.18 Å². The van der Waals surface area contributed by atoms with E-state index in [-0.39, 0.29) is 16.6 Å². The van der Waals surface area contributed by atoms with Crippen LogP contribution in [0.3, 0.4) is 0 Å². The predicted molar refractivity (Wildman–Crippen MR) is 80.1 cm³/mol. The summed E-state index contributed by atoms with van der Waals surface area (Å²) < 4.78 is 38.2. The fraction of sp³-hybridized carbons (Fsp3) is 0.500. The van der Waals surface area contributed by atoms with E-state index in [0.29, 0.717) is 5.69 Å². The molecular formula is C14H19F3N2S. The van der Waals surface area contributed by atoms with Gasteiger partial charge in [0.2, 0.25) is 0 Å². The average molecular weight is 304 g/mol.